The molecule has 1 N–H and O–H groups in total. The average molecular weight is 453 g/mol. The Kier molecular flexibility index (Phi) is 8.26. The first-order chi connectivity index (χ1) is 16.7. The summed E-state index contributed by atoms with van der Waals surface area (Å²) in [6, 6.07) is 41.0. The second-order valence-electron chi connectivity index (χ2n) is 8.49. The van der Waals surface area contributed by atoms with E-state index in [-0.39, 0.29) is 6.10 Å². The summed E-state index contributed by atoms with van der Waals surface area (Å²) in [6.45, 7) is 2.65. The molecule has 0 heterocycles. The summed E-state index contributed by atoms with van der Waals surface area (Å²) in [4.78, 5) is 0. The van der Waals surface area contributed by atoms with E-state index in [4.69, 9.17) is 9.47 Å². The Morgan fingerprint density at radius 1 is 0.647 bits per heavy atom. The van der Waals surface area contributed by atoms with E-state index >= 15 is 0 Å². The monoisotopic (exact) mass is 452 g/mol. The fraction of sp³-hybridized carbons (Fsp3) is 0.226. The van der Waals surface area contributed by atoms with E-state index in [1.54, 1.807) is 6.92 Å². The summed E-state index contributed by atoms with van der Waals surface area (Å²) < 4.78 is 12.9. The minimum absolute atomic E-state index is 0.333. The number of rotatable bonds is 11. The van der Waals surface area contributed by atoms with Gasteiger partial charge in [-0.05, 0) is 35.6 Å². The molecule has 0 unspecified atom stereocenters. The summed E-state index contributed by atoms with van der Waals surface area (Å²) in [6.07, 6.45) is -0.370. The van der Waals surface area contributed by atoms with Gasteiger partial charge in [0.15, 0.2) is 0 Å². The predicted octanol–water partition coefficient (Wildman–Crippen LogP) is 6.35. The average Bonchev–Trinajstić information content (AvgIpc) is 2.90. The van der Waals surface area contributed by atoms with Crippen LogP contribution in [0, 0.1) is 0 Å². The van der Waals surface area contributed by atoms with Gasteiger partial charge in [0.05, 0.1) is 25.4 Å². The van der Waals surface area contributed by atoms with E-state index < -0.39 is 11.7 Å². The van der Waals surface area contributed by atoms with Gasteiger partial charge in [-0.2, -0.15) is 0 Å². The molecule has 0 saturated carbocycles. The molecular weight excluding hydrogens is 420 g/mol. The zero-order valence-corrected chi connectivity index (χ0v) is 19.6. The normalized spacial score (nSPS) is 13.4. The van der Waals surface area contributed by atoms with Crippen molar-refractivity contribution in [3.05, 3.63) is 144 Å². The van der Waals surface area contributed by atoms with Crippen LogP contribution in [0.2, 0.25) is 0 Å². The quantitative estimate of drug-likeness (QED) is 0.270. The third-order valence-corrected chi connectivity index (χ3v) is 6.11. The molecule has 0 saturated heterocycles. The van der Waals surface area contributed by atoms with Crippen LogP contribution in [0.15, 0.2) is 121 Å². The molecular formula is C31H32O3. The first-order valence-corrected chi connectivity index (χ1v) is 11.8. The molecule has 0 spiro atoms. The van der Waals surface area contributed by atoms with Crippen LogP contribution in [0.25, 0.3) is 0 Å². The van der Waals surface area contributed by atoms with Crippen molar-refractivity contribution >= 4 is 0 Å². The number of aliphatic hydroxyl groups is 1. The van der Waals surface area contributed by atoms with E-state index in [1.807, 2.05) is 84.9 Å². The number of ether oxygens (including phenoxy) is 2. The van der Waals surface area contributed by atoms with Crippen molar-refractivity contribution in [1.29, 1.82) is 0 Å². The molecule has 4 rings (SSSR count). The SMILES string of the molecule is C[C@@H](O)[C@H](CCOC(c1ccccc1)(c1ccccc1)c1ccccc1)OCc1ccccc1. The largest absolute Gasteiger partial charge is 0.391 e. The summed E-state index contributed by atoms with van der Waals surface area (Å²) >= 11 is 0. The molecule has 0 aliphatic heterocycles. The highest BCUT2D eigenvalue weighted by atomic mass is 16.5. The van der Waals surface area contributed by atoms with Crippen molar-refractivity contribution in [2.24, 2.45) is 0 Å². The third kappa shape index (κ3) is 5.63. The highest BCUT2D eigenvalue weighted by Crippen LogP contribution is 2.40. The predicted molar refractivity (Wildman–Crippen MR) is 136 cm³/mol. The summed E-state index contributed by atoms with van der Waals surface area (Å²) in [5, 5.41) is 10.4. The van der Waals surface area contributed by atoms with Gasteiger partial charge in [0, 0.05) is 0 Å². The van der Waals surface area contributed by atoms with Gasteiger partial charge in [-0.1, -0.05) is 121 Å². The topological polar surface area (TPSA) is 38.7 Å². The fourth-order valence-corrected chi connectivity index (χ4v) is 4.34. The van der Waals surface area contributed by atoms with Crippen LogP contribution in [-0.2, 0) is 21.7 Å². The fourth-order valence-electron chi connectivity index (χ4n) is 4.34. The molecule has 0 aliphatic carbocycles. The van der Waals surface area contributed by atoms with Gasteiger partial charge in [0.2, 0.25) is 0 Å². The Labute approximate surface area is 202 Å². The molecule has 4 aromatic rings. The van der Waals surface area contributed by atoms with Crippen molar-refractivity contribution in [1.82, 2.24) is 0 Å². The number of benzene rings is 4. The Balaban J connectivity index is 1.61. The van der Waals surface area contributed by atoms with Crippen molar-refractivity contribution < 1.29 is 14.6 Å². The van der Waals surface area contributed by atoms with Gasteiger partial charge >= 0.3 is 0 Å². The van der Waals surface area contributed by atoms with Gasteiger partial charge in [-0.15, -0.1) is 0 Å². The van der Waals surface area contributed by atoms with Crippen molar-refractivity contribution in [3.8, 4) is 0 Å². The molecule has 0 bridgehead atoms. The second-order valence-corrected chi connectivity index (χ2v) is 8.49. The Morgan fingerprint density at radius 2 is 1.06 bits per heavy atom. The van der Waals surface area contributed by atoms with E-state index in [1.165, 1.54) is 0 Å². The summed E-state index contributed by atoms with van der Waals surface area (Å²) in [7, 11) is 0. The highest BCUT2D eigenvalue weighted by Gasteiger charge is 2.37. The van der Waals surface area contributed by atoms with Gasteiger partial charge in [-0.3, -0.25) is 0 Å². The van der Waals surface area contributed by atoms with Crippen LogP contribution in [0.4, 0.5) is 0 Å². The lowest BCUT2D eigenvalue weighted by atomic mass is 9.80. The highest BCUT2D eigenvalue weighted by molar-refractivity contribution is 5.47. The summed E-state index contributed by atoms with van der Waals surface area (Å²) in [5.41, 5.74) is 3.50. The van der Waals surface area contributed by atoms with Gasteiger partial charge in [-0.25, -0.2) is 0 Å². The molecule has 174 valence electrons. The molecule has 3 nitrogen and oxygen atoms in total. The molecule has 0 amide bonds. The summed E-state index contributed by atoms with van der Waals surface area (Å²) in [5.74, 6) is 0. The maximum absolute atomic E-state index is 10.4. The van der Waals surface area contributed by atoms with E-state index in [0.29, 0.717) is 19.6 Å². The first-order valence-electron chi connectivity index (χ1n) is 11.8. The molecule has 34 heavy (non-hydrogen) atoms. The van der Waals surface area contributed by atoms with Crippen molar-refractivity contribution in [2.75, 3.05) is 6.61 Å². The third-order valence-electron chi connectivity index (χ3n) is 6.11. The Hall–Kier alpha value is -3.24. The van der Waals surface area contributed by atoms with Gasteiger partial charge in [0.1, 0.15) is 5.60 Å². The standard InChI is InChI=1S/C31H32O3/c1-25(32)30(33-24-26-14-6-2-7-15-26)22-23-34-31(27-16-8-3-9-17-27,28-18-10-4-11-19-28)29-20-12-5-13-21-29/h2-21,25,30,32H,22-24H2,1H3/t25-,30+/m1/s1. The van der Waals surface area contributed by atoms with Crippen LogP contribution in [0.5, 0.6) is 0 Å². The van der Waals surface area contributed by atoms with Crippen molar-refractivity contribution in [2.45, 2.75) is 37.8 Å². The smallest absolute Gasteiger partial charge is 0.143 e. The molecule has 2 atom stereocenters. The number of hydrogen-bond donors (Lipinski definition) is 1. The maximum Gasteiger partial charge on any atom is 0.143 e. The van der Waals surface area contributed by atoms with Crippen LogP contribution in [-0.4, -0.2) is 23.9 Å². The lowest BCUT2D eigenvalue weighted by Gasteiger charge is -2.36. The van der Waals surface area contributed by atoms with Gasteiger partial charge in [0.25, 0.3) is 0 Å². The molecule has 4 aromatic carbocycles. The van der Waals surface area contributed by atoms with E-state index in [2.05, 4.69) is 36.4 Å². The van der Waals surface area contributed by atoms with E-state index in [9.17, 15) is 5.11 Å². The zero-order valence-electron chi connectivity index (χ0n) is 19.6. The Bertz CT molecular complexity index is 1000. The van der Waals surface area contributed by atoms with Crippen LogP contribution < -0.4 is 0 Å². The van der Waals surface area contributed by atoms with Crippen LogP contribution in [0.3, 0.4) is 0 Å². The minimum Gasteiger partial charge on any atom is -0.391 e. The molecule has 0 aromatic heterocycles. The second kappa shape index (κ2) is 11.8. The number of aliphatic hydroxyl groups excluding tert-OH is 1. The van der Waals surface area contributed by atoms with Crippen molar-refractivity contribution in [3.63, 3.8) is 0 Å². The lowest BCUT2D eigenvalue weighted by molar-refractivity contribution is -0.0688. The maximum atomic E-state index is 10.4. The molecule has 3 heteroatoms. The lowest BCUT2D eigenvalue weighted by Crippen LogP contribution is -2.35. The Morgan fingerprint density at radius 3 is 1.47 bits per heavy atom. The van der Waals surface area contributed by atoms with Crippen LogP contribution >= 0.6 is 0 Å². The minimum atomic E-state index is -0.771. The van der Waals surface area contributed by atoms with Crippen LogP contribution in [0.1, 0.15) is 35.6 Å². The molecule has 0 aliphatic rings. The first kappa shape index (κ1) is 23.9. The molecule has 0 fully saturated rings. The zero-order chi connectivity index (χ0) is 23.6. The van der Waals surface area contributed by atoms with Gasteiger partial charge < -0.3 is 14.6 Å². The molecule has 0 radical (unpaired) electrons. The number of hydrogen-bond acceptors (Lipinski definition) is 3. The van der Waals surface area contributed by atoms with E-state index in [0.717, 1.165) is 22.3 Å².